The first-order valence-electron chi connectivity index (χ1n) is 6.93. The lowest BCUT2D eigenvalue weighted by Gasteiger charge is -2.07. The second kappa shape index (κ2) is 6.11. The van der Waals surface area contributed by atoms with Crippen LogP contribution in [0.15, 0.2) is 46.7 Å². The zero-order valence-electron chi connectivity index (χ0n) is 12.1. The molecule has 5 nitrogen and oxygen atoms in total. The van der Waals surface area contributed by atoms with Gasteiger partial charge in [0.05, 0.1) is 17.4 Å². The number of aryl methyl sites for hydroxylation is 1. The number of carbonyl (C=O) groups excluding carboxylic acids is 1. The van der Waals surface area contributed by atoms with E-state index in [1.54, 1.807) is 16.1 Å². The van der Waals surface area contributed by atoms with Gasteiger partial charge in [-0.25, -0.2) is 0 Å². The van der Waals surface area contributed by atoms with Gasteiger partial charge in [0.25, 0.3) is 0 Å². The number of rotatable bonds is 4. The Morgan fingerprint density at radius 1 is 1.36 bits per heavy atom. The zero-order chi connectivity index (χ0) is 15.5. The molecule has 0 fully saturated rings. The molecule has 1 aromatic carbocycles. The number of nitrogens with one attached hydrogen (secondary N) is 1. The van der Waals surface area contributed by atoms with Crippen molar-refractivity contribution >= 4 is 33.8 Å². The third-order valence-corrected chi connectivity index (χ3v) is 4.29. The second-order valence-corrected chi connectivity index (χ2v) is 5.83. The molecule has 3 rings (SSSR count). The molecule has 1 N–H and O–H groups in total. The number of benzene rings is 1. The summed E-state index contributed by atoms with van der Waals surface area (Å²) in [5.74, 6) is -0.130. The standard InChI is InChI=1S/C16H15N3O2S/c1-11-10-22-16(21)19(11)7-6-15(20)18-13-8-12-4-2-3-5-14(12)17-9-13/h2-5,8-10H,6-7H2,1H3,(H,18,20). The monoisotopic (exact) mass is 313 g/mol. The van der Waals surface area contributed by atoms with Gasteiger partial charge in [-0.2, -0.15) is 0 Å². The van der Waals surface area contributed by atoms with Crippen LogP contribution >= 0.6 is 11.3 Å². The number of thiazole rings is 1. The lowest BCUT2D eigenvalue weighted by molar-refractivity contribution is -0.116. The van der Waals surface area contributed by atoms with Crippen molar-refractivity contribution in [2.45, 2.75) is 19.9 Å². The zero-order valence-corrected chi connectivity index (χ0v) is 12.9. The molecule has 1 amide bonds. The van der Waals surface area contributed by atoms with E-state index in [0.717, 1.165) is 27.9 Å². The molecule has 2 heterocycles. The van der Waals surface area contributed by atoms with E-state index in [1.807, 2.05) is 37.3 Å². The Kier molecular flexibility index (Phi) is 4.02. The van der Waals surface area contributed by atoms with Crippen molar-refractivity contribution in [1.82, 2.24) is 9.55 Å². The molecule has 0 aliphatic rings. The Bertz CT molecular complexity index is 882. The molecule has 2 aromatic heterocycles. The summed E-state index contributed by atoms with van der Waals surface area (Å²) in [4.78, 5) is 27.9. The first-order valence-corrected chi connectivity index (χ1v) is 7.81. The molecule has 0 bridgehead atoms. The number of para-hydroxylation sites is 1. The molecule has 0 atom stereocenters. The maximum Gasteiger partial charge on any atom is 0.307 e. The highest BCUT2D eigenvalue weighted by atomic mass is 32.1. The minimum absolute atomic E-state index is 0.0299. The van der Waals surface area contributed by atoms with E-state index in [4.69, 9.17) is 0 Å². The first-order chi connectivity index (χ1) is 10.6. The molecule has 0 aliphatic heterocycles. The molecule has 0 unspecified atom stereocenters. The molecular weight excluding hydrogens is 298 g/mol. The van der Waals surface area contributed by atoms with Crippen LogP contribution in [0.1, 0.15) is 12.1 Å². The fourth-order valence-corrected chi connectivity index (χ4v) is 3.01. The number of amides is 1. The van der Waals surface area contributed by atoms with Crippen molar-refractivity contribution in [3.63, 3.8) is 0 Å². The third kappa shape index (κ3) is 3.07. The number of aromatic nitrogens is 2. The van der Waals surface area contributed by atoms with Gasteiger partial charge < -0.3 is 9.88 Å². The van der Waals surface area contributed by atoms with Crippen LogP contribution in [0, 0.1) is 6.92 Å². The third-order valence-electron chi connectivity index (χ3n) is 3.41. The summed E-state index contributed by atoms with van der Waals surface area (Å²) < 4.78 is 1.61. The predicted molar refractivity (Wildman–Crippen MR) is 88.3 cm³/mol. The molecular formula is C16H15N3O2S. The highest BCUT2D eigenvalue weighted by Crippen LogP contribution is 2.16. The van der Waals surface area contributed by atoms with E-state index in [-0.39, 0.29) is 17.2 Å². The second-order valence-electron chi connectivity index (χ2n) is 5.01. The van der Waals surface area contributed by atoms with Crippen LogP contribution in [0.5, 0.6) is 0 Å². The Hall–Kier alpha value is -2.47. The highest BCUT2D eigenvalue weighted by Gasteiger charge is 2.07. The number of carbonyl (C=O) groups is 1. The highest BCUT2D eigenvalue weighted by molar-refractivity contribution is 7.07. The molecule has 112 valence electrons. The fourth-order valence-electron chi connectivity index (χ4n) is 2.25. The minimum Gasteiger partial charge on any atom is -0.325 e. The summed E-state index contributed by atoms with van der Waals surface area (Å²) in [6.45, 7) is 2.25. The van der Waals surface area contributed by atoms with Gasteiger partial charge in [-0.3, -0.25) is 14.6 Å². The number of hydrogen-bond acceptors (Lipinski definition) is 4. The van der Waals surface area contributed by atoms with Crippen molar-refractivity contribution in [1.29, 1.82) is 0 Å². The van der Waals surface area contributed by atoms with E-state index in [9.17, 15) is 9.59 Å². The van der Waals surface area contributed by atoms with Crippen LogP contribution in [-0.2, 0) is 11.3 Å². The van der Waals surface area contributed by atoms with Crippen LogP contribution in [0.25, 0.3) is 10.9 Å². The number of anilines is 1. The Morgan fingerprint density at radius 2 is 2.18 bits per heavy atom. The van der Waals surface area contributed by atoms with E-state index in [1.165, 1.54) is 0 Å². The minimum atomic E-state index is -0.130. The molecule has 3 aromatic rings. The number of hydrogen-bond donors (Lipinski definition) is 1. The predicted octanol–water partition coefficient (Wildman–Crippen LogP) is 2.80. The maximum atomic E-state index is 12.0. The van der Waals surface area contributed by atoms with Gasteiger partial charge in [0.15, 0.2) is 0 Å². The maximum absolute atomic E-state index is 12.0. The molecule has 6 heteroatoms. The van der Waals surface area contributed by atoms with Gasteiger partial charge in [-0.05, 0) is 19.1 Å². The molecule has 0 saturated carbocycles. The van der Waals surface area contributed by atoms with E-state index in [2.05, 4.69) is 10.3 Å². The fraction of sp³-hybridized carbons (Fsp3) is 0.188. The van der Waals surface area contributed by atoms with Gasteiger partial charge in [-0.15, -0.1) is 0 Å². The number of pyridine rings is 1. The largest absolute Gasteiger partial charge is 0.325 e. The lowest BCUT2D eigenvalue weighted by Crippen LogP contribution is -2.20. The van der Waals surface area contributed by atoms with Gasteiger partial charge in [0.2, 0.25) is 5.91 Å². The quantitative estimate of drug-likeness (QED) is 0.805. The molecule has 0 radical (unpaired) electrons. The summed E-state index contributed by atoms with van der Waals surface area (Å²) in [6, 6.07) is 9.62. The van der Waals surface area contributed by atoms with Gasteiger partial charge >= 0.3 is 4.87 Å². The Balaban J connectivity index is 1.67. The van der Waals surface area contributed by atoms with Crippen LogP contribution < -0.4 is 10.2 Å². The topological polar surface area (TPSA) is 64.0 Å². The summed E-state index contributed by atoms with van der Waals surface area (Å²) >= 11 is 1.15. The van der Waals surface area contributed by atoms with E-state index >= 15 is 0 Å². The van der Waals surface area contributed by atoms with Crippen LogP contribution in [0.3, 0.4) is 0 Å². The molecule has 0 aliphatic carbocycles. The first kappa shape index (κ1) is 14.5. The van der Waals surface area contributed by atoms with Gasteiger partial charge in [0.1, 0.15) is 0 Å². The molecule has 22 heavy (non-hydrogen) atoms. The van der Waals surface area contributed by atoms with Crippen LogP contribution in [0.4, 0.5) is 5.69 Å². The normalized spacial score (nSPS) is 10.8. The van der Waals surface area contributed by atoms with Crippen molar-refractivity contribution in [3.8, 4) is 0 Å². The van der Waals surface area contributed by atoms with E-state index in [0.29, 0.717) is 12.2 Å². The van der Waals surface area contributed by atoms with Crippen LogP contribution in [0.2, 0.25) is 0 Å². The summed E-state index contributed by atoms with van der Waals surface area (Å²) in [5, 5.41) is 5.60. The summed E-state index contributed by atoms with van der Waals surface area (Å²) in [7, 11) is 0. The van der Waals surface area contributed by atoms with Gasteiger partial charge in [-0.1, -0.05) is 29.5 Å². The SMILES string of the molecule is Cc1csc(=O)n1CCC(=O)Nc1cnc2ccccc2c1. The number of fused-ring (bicyclic) bond motifs is 1. The summed E-state index contributed by atoms with van der Waals surface area (Å²) in [5.41, 5.74) is 2.44. The van der Waals surface area contributed by atoms with Crippen LogP contribution in [-0.4, -0.2) is 15.5 Å². The number of nitrogens with zero attached hydrogens (tertiary/aromatic N) is 2. The molecule has 0 saturated heterocycles. The average Bonchev–Trinajstić information content (AvgIpc) is 2.84. The van der Waals surface area contributed by atoms with E-state index < -0.39 is 0 Å². The van der Waals surface area contributed by atoms with Crippen molar-refractivity contribution in [2.75, 3.05) is 5.32 Å². The van der Waals surface area contributed by atoms with Crippen molar-refractivity contribution < 1.29 is 4.79 Å². The molecule has 0 spiro atoms. The van der Waals surface area contributed by atoms with Gasteiger partial charge in [0, 0.05) is 29.4 Å². The summed E-state index contributed by atoms with van der Waals surface area (Å²) in [6.07, 6.45) is 1.90. The van der Waals surface area contributed by atoms with Crippen molar-refractivity contribution in [3.05, 3.63) is 57.3 Å². The Morgan fingerprint density at radius 3 is 2.95 bits per heavy atom. The lowest BCUT2D eigenvalue weighted by atomic mass is 10.2. The smallest absolute Gasteiger partial charge is 0.307 e. The average molecular weight is 313 g/mol. The Labute approximate surface area is 131 Å². The van der Waals surface area contributed by atoms with Crippen molar-refractivity contribution in [2.24, 2.45) is 0 Å².